The van der Waals surface area contributed by atoms with Crippen LogP contribution in [-0.2, 0) is 6.54 Å². The maximum Gasteiger partial charge on any atom is 0.0239 e. The van der Waals surface area contributed by atoms with Crippen LogP contribution in [0.2, 0.25) is 0 Å². The van der Waals surface area contributed by atoms with E-state index < -0.39 is 0 Å². The largest absolute Gasteiger partial charge is 0.327 e. The maximum absolute atomic E-state index is 6.19. The zero-order chi connectivity index (χ0) is 12.4. The Bertz CT molecular complexity index is 349. The smallest absolute Gasteiger partial charge is 0.0239 e. The highest BCUT2D eigenvalue weighted by Gasteiger charge is 2.34. The lowest BCUT2D eigenvalue weighted by Gasteiger charge is -2.45. The number of likely N-dealkylation sites (tertiary alicyclic amines) is 1. The fourth-order valence-electron chi connectivity index (χ4n) is 2.90. The predicted octanol–water partition coefficient (Wildman–Crippen LogP) is 2.63. The summed E-state index contributed by atoms with van der Waals surface area (Å²) in [7, 11) is 0. The summed E-state index contributed by atoms with van der Waals surface area (Å²) in [6.45, 7) is 7.92. The SMILES string of the molecule is CC1C(N)CC(C)N(Cc2ccccc2)C1C. The topological polar surface area (TPSA) is 29.3 Å². The average Bonchev–Trinajstić information content (AvgIpc) is 2.33. The Morgan fingerprint density at radius 3 is 2.47 bits per heavy atom. The van der Waals surface area contributed by atoms with Gasteiger partial charge in [0.25, 0.3) is 0 Å². The Morgan fingerprint density at radius 1 is 1.18 bits per heavy atom. The summed E-state index contributed by atoms with van der Waals surface area (Å²) in [5, 5.41) is 0. The van der Waals surface area contributed by atoms with Gasteiger partial charge in [-0.1, -0.05) is 37.3 Å². The molecular formula is C15H24N2. The minimum absolute atomic E-state index is 0.354. The molecule has 1 aromatic rings. The molecule has 0 aliphatic carbocycles. The number of nitrogens with two attached hydrogens (primary N) is 1. The first-order chi connectivity index (χ1) is 8.09. The summed E-state index contributed by atoms with van der Waals surface area (Å²) in [6, 6.07) is 12.2. The van der Waals surface area contributed by atoms with Crippen molar-refractivity contribution in [1.29, 1.82) is 0 Å². The lowest BCUT2D eigenvalue weighted by molar-refractivity contribution is 0.0439. The van der Waals surface area contributed by atoms with E-state index in [0.29, 0.717) is 24.0 Å². The number of hydrogen-bond donors (Lipinski definition) is 1. The van der Waals surface area contributed by atoms with Crippen molar-refractivity contribution in [2.45, 2.75) is 51.9 Å². The van der Waals surface area contributed by atoms with Gasteiger partial charge < -0.3 is 5.73 Å². The molecule has 4 atom stereocenters. The van der Waals surface area contributed by atoms with Gasteiger partial charge in [0.2, 0.25) is 0 Å². The molecule has 1 saturated heterocycles. The Labute approximate surface area is 105 Å². The molecule has 17 heavy (non-hydrogen) atoms. The van der Waals surface area contributed by atoms with Gasteiger partial charge in [0.15, 0.2) is 0 Å². The predicted molar refractivity (Wildman–Crippen MR) is 72.7 cm³/mol. The van der Waals surface area contributed by atoms with E-state index in [0.717, 1.165) is 13.0 Å². The summed E-state index contributed by atoms with van der Waals surface area (Å²) in [5.74, 6) is 0.579. The Balaban J connectivity index is 2.09. The molecule has 1 fully saturated rings. The van der Waals surface area contributed by atoms with Crippen LogP contribution in [0.15, 0.2) is 30.3 Å². The molecule has 0 spiro atoms. The standard InChI is InChI=1S/C15H24N2/c1-11-9-15(16)12(2)13(3)17(11)10-14-7-5-4-6-8-14/h4-8,11-13,15H,9-10,16H2,1-3H3. The average molecular weight is 232 g/mol. The van der Waals surface area contributed by atoms with E-state index in [1.807, 2.05) is 0 Å². The number of rotatable bonds is 2. The van der Waals surface area contributed by atoms with Crippen LogP contribution in [0.5, 0.6) is 0 Å². The van der Waals surface area contributed by atoms with Gasteiger partial charge in [0.1, 0.15) is 0 Å². The second kappa shape index (κ2) is 5.19. The summed E-state index contributed by atoms with van der Waals surface area (Å²) in [4.78, 5) is 2.59. The molecule has 94 valence electrons. The van der Waals surface area contributed by atoms with Gasteiger partial charge in [-0.3, -0.25) is 4.90 Å². The molecular weight excluding hydrogens is 208 g/mol. The van der Waals surface area contributed by atoms with Crippen LogP contribution in [0.3, 0.4) is 0 Å². The van der Waals surface area contributed by atoms with Crippen molar-refractivity contribution in [3.05, 3.63) is 35.9 Å². The highest BCUT2D eigenvalue weighted by molar-refractivity contribution is 5.15. The molecule has 1 aromatic carbocycles. The van der Waals surface area contributed by atoms with Crippen molar-refractivity contribution >= 4 is 0 Å². The summed E-state index contributed by atoms with van der Waals surface area (Å²) in [5.41, 5.74) is 7.59. The summed E-state index contributed by atoms with van der Waals surface area (Å²) < 4.78 is 0. The van der Waals surface area contributed by atoms with Crippen molar-refractivity contribution < 1.29 is 0 Å². The first-order valence-corrected chi connectivity index (χ1v) is 6.65. The molecule has 0 bridgehead atoms. The van der Waals surface area contributed by atoms with Crippen LogP contribution in [0.4, 0.5) is 0 Å². The molecule has 1 aliphatic rings. The molecule has 0 saturated carbocycles. The molecule has 0 radical (unpaired) electrons. The van der Waals surface area contributed by atoms with Crippen LogP contribution < -0.4 is 5.73 Å². The van der Waals surface area contributed by atoms with Crippen LogP contribution in [0, 0.1) is 5.92 Å². The van der Waals surface area contributed by atoms with Crippen LogP contribution in [0.25, 0.3) is 0 Å². The van der Waals surface area contributed by atoms with Gasteiger partial charge in [0, 0.05) is 24.7 Å². The van der Waals surface area contributed by atoms with Crippen LogP contribution >= 0.6 is 0 Å². The second-order valence-corrected chi connectivity index (χ2v) is 5.51. The van der Waals surface area contributed by atoms with Gasteiger partial charge in [-0.05, 0) is 31.7 Å². The molecule has 2 heteroatoms. The number of piperidine rings is 1. The van der Waals surface area contributed by atoms with E-state index in [2.05, 4.69) is 56.0 Å². The third kappa shape index (κ3) is 2.70. The fraction of sp³-hybridized carbons (Fsp3) is 0.600. The van der Waals surface area contributed by atoms with Gasteiger partial charge >= 0.3 is 0 Å². The molecule has 0 amide bonds. The Morgan fingerprint density at radius 2 is 1.82 bits per heavy atom. The zero-order valence-corrected chi connectivity index (χ0v) is 11.1. The molecule has 2 N–H and O–H groups in total. The second-order valence-electron chi connectivity index (χ2n) is 5.51. The van der Waals surface area contributed by atoms with Gasteiger partial charge in [-0.15, -0.1) is 0 Å². The third-order valence-electron chi connectivity index (χ3n) is 4.35. The van der Waals surface area contributed by atoms with E-state index in [9.17, 15) is 0 Å². The van der Waals surface area contributed by atoms with Crippen molar-refractivity contribution in [2.75, 3.05) is 0 Å². The molecule has 1 aliphatic heterocycles. The normalized spacial score (nSPS) is 34.8. The number of hydrogen-bond acceptors (Lipinski definition) is 2. The van der Waals surface area contributed by atoms with Crippen molar-refractivity contribution in [3.63, 3.8) is 0 Å². The summed E-state index contributed by atoms with van der Waals surface area (Å²) >= 11 is 0. The summed E-state index contributed by atoms with van der Waals surface area (Å²) in [6.07, 6.45) is 1.11. The quantitative estimate of drug-likeness (QED) is 0.849. The van der Waals surface area contributed by atoms with E-state index in [-0.39, 0.29) is 0 Å². The van der Waals surface area contributed by atoms with Crippen molar-refractivity contribution in [1.82, 2.24) is 4.90 Å². The van der Waals surface area contributed by atoms with Crippen LogP contribution in [-0.4, -0.2) is 23.0 Å². The van der Waals surface area contributed by atoms with Crippen molar-refractivity contribution in [2.24, 2.45) is 11.7 Å². The number of benzene rings is 1. The van der Waals surface area contributed by atoms with E-state index in [1.54, 1.807) is 0 Å². The number of nitrogens with zero attached hydrogens (tertiary/aromatic N) is 1. The van der Waals surface area contributed by atoms with Gasteiger partial charge in [-0.2, -0.15) is 0 Å². The molecule has 0 aromatic heterocycles. The first kappa shape index (κ1) is 12.6. The molecule has 2 nitrogen and oxygen atoms in total. The zero-order valence-electron chi connectivity index (χ0n) is 11.1. The minimum Gasteiger partial charge on any atom is -0.327 e. The lowest BCUT2D eigenvalue weighted by Crippen LogP contribution is -2.55. The third-order valence-corrected chi connectivity index (χ3v) is 4.35. The first-order valence-electron chi connectivity index (χ1n) is 6.65. The van der Waals surface area contributed by atoms with E-state index in [1.165, 1.54) is 5.56 Å². The highest BCUT2D eigenvalue weighted by atomic mass is 15.2. The van der Waals surface area contributed by atoms with E-state index in [4.69, 9.17) is 5.73 Å². The monoisotopic (exact) mass is 232 g/mol. The fourth-order valence-corrected chi connectivity index (χ4v) is 2.90. The highest BCUT2D eigenvalue weighted by Crippen LogP contribution is 2.28. The Kier molecular flexibility index (Phi) is 3.85. The molecule has 4 unspecified atom stereocenters. The molecule has 2 rings (SSSR count). The van der Waals surface area contributed by atoms with E-state index >= 15 is 0 Å². The molecule has 1 heterocycles. The van der Waals surface area contributed by atoms with Crippen LogP contribution in [0.1, 0.15) is 32.8 Å². The minimum atomic E-state index is 0.354. The maximum atomic E-state index is 6.19. The Hall–Kier alpha value is -0.860. The lowest BCUT2D eigenvalue weighted by atomic mass is 9.84. The van der Waals surface area contributed by atoms with Crippen molar-refractivity contribution in [3.8, 4) is 0 Å². The van der Waals surface area contributed by atoms with Gasteiger partial charge in [0.05, 0.1) is 0 Å². The van der Waals surface area contributed by atoms with Gasteiger partial charge in [-0.25, -0.2) is 0 Å².